The zero-order valence-electron chi connectivity index (χ0n) is 16.1. The number of rotatable bonds is 2. The van der Waals surface area contributed by atoms with Crippen molar-refractivity contribution in [2.24, 2.45) is 0 Å². The number of hydrogen-bond acceptors (Lipinski definition) is 6. The Balaban J connectivity index is 1.69. The van der Waals surface area contributed by atoms with Crippen molar-refractivity contribution in [1.82, 2.24) is 24.7 Å². The molecule has 146 valence electrons. The van der Waals surface area contributed by atoms with E-state index in [1.54, 1.807) is 34.6 Å². The van der Waals surface area contributed by atoms with Gasteiger partial charge in [-0.2, -0.15) is 0 Å². The molecule has 0 unspecified atom stereocenters. The molecule has 9 nitrogen and oxygen atoms in total. The average molecular weight is 374 g/mol. The lowest BCUT2D eigenvalue weighted by Gasteiger charge is -2.35. The van der Waals surface area contributed by atoms with E-state index in [1.165, 1.54) is 0 Å². The van der Waals surface area contributed by atoms with E-state index in [-0.39, 0.29) is 17.7 Å². The van der Waals surface area contributed by atoms with Gasteiger partial charge in [0.1, 0.15) is 5.69 Å². The highest BCUT2D eigenvalue weighted by molar-refractivity contribution is 5.93. The molecule has 3 amide bonds. The van der Waals surface area contributed by atoms with Crippen LogP contribution in [0.3, 0.4) is 0 Å². The summed E-state index contributed by atoms with van der Waals surface area (Å²) in [5, 5.41) is 0. The number of carbonyl (C=O) groups is 3. The van der Waals surface area contributed by atoms with Crippen molar-refractivity contribution in [1.29, 1.82) is 0 Å². The Bertz CT molecular complexity index is 737. The van der Waals surface area contributed by atoms with Gasteiger partial charge in [0.25, 0.3) is 5.91 Å². The highest BCUT2D eigenvalue weighted by atomic mass is 16.2. The number of amides is 3. The number of aromatic nitrogens is 2. The van der Waals surface area contributed by atoms with Crippen molar-refractivity contribution >= 4 is 23.7 Å². The monoisotopic (exact) mass is 374 g/mol. The van der Waals surface area contributed by atoms with Gasteiger partial charge in [0.05, 0.1) is 0 Å². The van der Waals surface area contributed by atoms with Crippen LogP contribution in [0, 0.1) is 6.92 Å². The molecule has 0 bridgehead atoms. The number of piperazine rings is 2. The number of hydrogen-bond donors (Lipinski definition) is 0. The molecule has 9 heteroatoms. The zero-order valence-corrected chi connectivity index (χ0v) is 16.1. The predicted molar refractivity (Wildman–Crippen MR) is 99.4 cm³/mol. The summed E-state index contributed by atoms with van der Waals surface area (Å²) >= 11 is 0. The molecule has 3 rings (SSSR count). The molecule has 0 radical (unpaired) electrons. The second-order valence-electron chi connectivity index (χ2n) is 6.99. The average Bonchev–Trinajstić information content (AvgIpc) is 2.67. The second kappa shape index (κ2) is 7.89. The van der Waals surface area contributed by atoms with Crippen LogP contribution in [0.5, 0.6) is 0 Å². The van der Waals surface area contributed by atoms with E-state index in [1.807, 2.05) is 11.8 Å². The summed E-state index contributed by atoms with van der Waals surface area (Å²) in [7, 11) is 0. The van der Waals surface area contributed by atoms with Crippen LogP contribution in [-0.4, -0.2) is 94.7 Å². The minimum atomic E-state index is -0.132. The molecule has 27 heavy (non-hydrogen) atoms. The van der Waals surface area contributed by atoms with Crippen molar-refractivity contribution in [3.8, 4) is 0 Å². The van der Waals surface area contributed by atoms with E-state index in [4.69, 9.17) is 0 Å². The molecule has 0 aliphatic carbocycles. The molecule has 0 saturated carbocycles. The number of aryl methyl sites for hydroxylation is 1. The molecule has 2 aliphatic heterocycles. The first-order valence-corrected chi connectivity index (χ1v) is 9.26. The van der Waals surface area contributed by atoms with Crippen LogP contribution < -0.4 is 4.90 Å². The topological polar surface area (TPSA) is 90.0 Å². The first kappa shape index (κ1) is 19.1. The van der Waals surface area contributed by atoms with Gasteiger partial charge in [-0.05, 0) is 13.0 Å². The smallest absolute Gasteiger partial charge is 0.272 e. The summed E-state index contributed by atoms with van der Waals surface area (Å²) in [4.78, 5) is 52.1. The maximum atomic E-state index is 12.9. The Morgan fingerprint density at radius 2 is 1.26 bits per heavy atom. The molecule has 1 aromatic heterocycles. The van der Waals surface area contributed by atoms with Gasteiger partial charge < -0.3 is 19.6 Å². The molecule has 0 atom stereocenters. The molecule has 0 N–H and O–H groups in total. The van der Waals surface area contributed by atoms with E-state index in [9.17, 15) is 14.4 Å². The van der Waals surface area contributed by atoms with Crippen molar-refractivity contribution in [3.63, 3.8) is 0 Å². The molecule has 1 aromatic rings. The molecule has 2 saturated heterocycles. The van der Waals surface area contributed by atoms with Crippen LogP contribution in [0.25, 0.3) is 0 Å². The van der Waals surface area contributed by atoms with Gasteiger partial charge in [-0.15, -0.1) is 0 Å². The first-order valence-electron chi connectivity index (χ1n) is 9.26. The molecule has 2 fully saturated rings. The number of anilines is 1. The summed E-state index contributed by atoms with van der Waals surface area (Å²) in [6.07, 6.45) is 0. The van der Waals surface area contributed by atoms with Crippen LogP contribution in [0.4, 0.5) is 5.95 Å². The van der Waals surface area contributed by atoms with Gasteiger partial charge in [-0.1, -0.05) is 0 Å². The van der Waals surface area contributed by atoms with E-state index in [0.717, 1.165) is 5.69 Å². The van der Waals surface area contributed by atoms with E-state index in [0.29, 0.717) is 64.0 Å². The van der Waals surface area contributed by atoms with Gasteiger partial charge >= 0.3 is 0 Å². The maximum absolute atomic E-state index is 12.9. The third-order valence-electron chi connectivity index (χ3n) is 5.08. The van der Waals surface area contributed by atoms with Gasteiger partial charge in [0.15, 0.2) is 0 Å². The zero-order chi connectivity index (χ0) is 19.6. The van der Waals surface area contributed by atoms with Crippen molar-refractivity contribution < 1.29 is 14.4 Å². The largest absolute Gasteiger partial charge is 0.339 e. The van der Waals surface area contributed by atoms with E-state index >= 15 is 0 Å². The van der Waals surface area contributed by atoms with Crippen LogP contribution in [-0.2, 0) is 9.59 Å². The van der Waals surface area contributed by atoms with Crippen molar-refractivity contribution in [2.75, 3.05) is 57.3 Å². The highest BCUT2D eigenvalue weighted by Gasteiger charge is 2.26. The fourth-order valence-corrected chi connectivity index (χ4v) is 3.41. The highest BCUT2D eigenvalue weighted by Crippen LogP contribution is 2.15. The molecule has 0 spiro atoms. The molecule has 2 aliphatic rings. The Labute approximate surface area is 158 Å². The molecular weight excluding hydrogens is 348 g/mol. The number of nitrogens with zero attached hydrogens (tertiary/aromatic N) is 6. The van der Waals surface area contributed by atoms with Gasteiger partial charge in [0.2, 0.25) is 17.8 Å². The van der Waals surface area contributed by atoms with Gasteiger partial charge in [-0.3, -0.25) is 14.4 Å². The fraction of sp³-hybridized carbons (Fsp3) is 0.611. The van der Waals surface area contributed by atoms with Crippen LogP contribution >= 0.6 is 0 Å². The van der Waals surface area contributed by atoms with Gasteiger partial charge in [-0.25, -0.2) is 9.97 Å². The molecular formula is C18H26N6O3. The lowest BCUT2D eigenvalue weighted by molar-refractivity contribution is -0.130. The minimum absolute atomic E-state index is 0.0342. The minimum Gasteiger partial charge on any atom is -0.339 e. The predicted octanol–water partition coefficient (Wildman–Crippen LogP) is -0.242. The Morgan fingerprint density at radius 1 is 0.778 bits per heavy atom. The Hall–Kier alpha value is -2.71. The standard InChI is InChI=1S/C18H26N6O3/c1-13-12-16(17(27)23-8-4-21(5-9-23)14(2)25)20-18(19-13)24-10-6-22(7-11-24)15(3)26/h12H,4-11H2,1-3H3. The number of carbonyl (C=O) groups excluding carboxylic acids is 3. The van der Waals surface area contributed by atoms with Crippen LogP contribution in [0.2, 0.25) is 0 Å². The van der Waals surface area contributed by atoms with E-state index < -0.39 is 0 Å². The maximum Gasteiger partial charge on any atom is 0.272 e. The summed E-state index contributed by atoms with van der Waals surface area (Å²) < 4.78 is 0. The summed E-state index contributed by atoms with van der Waals surface area (Å²) in [6, 6.07) is 1.70. The summed E-state index contributed by atoms with van der Waals surface area (Å²) in [5.41, 5.74) is 1.11. The lowest BCUT2D eigenvalue weighted by atomic mass is 10.2. The first-order chi connectivity index (χ1) is 12.8. The Kier molecular flexibility index (Phi) is 5.57. The summed E-state index contributed by atoms with van der Waals surface area (Å²) in [6.45, 7) is 9.62. The Morgan fingerprint density at radius 3 is 1.78 bits per heavy atom. The normalized spacial score (nSPS) is 17.9. The molecule has 3 heterocycles. The third kappa shape index (κ3) is 4.35. The third-order valence-corrected chi connectivity index (χ3v) is 5.08. The summed E-state index contributed by atoms with van der Waals surface area (Å²) in [5.74, 6) is 0.503. The molecule has 0 aromatic carbocycles. The van der Waals surface area contributed by atoms with E-state index in [2.05, 4.69) is 9.97 Å². The lowest BCUT2D eigenvalue weighted by Crippen LogP contribution is -2.50. The van der Waals surface area contributed by atoms with Crippen molar-refractivity contribution in [2.45, 2.75) is 20.8 Å². The van der Waals surface area contributed by atoms with Gasteiger partial charge in [0, 0.05) is 71.9 Å². The fourth-order valence-electron chi connectivity index (χ4n) is 3.41. The quantitative estimate of drug-likeness (QED) is 0.710. The SMILES string of the molecule is CC(=O)N1CCN(C(=O)c2cc(C)nc(N3CCN(C(C)=O)CC3)n2)CC1. The second-order valence-corrected chi connectivity index (χ2v) is 6.99. The van der Waals surface area contributed by atoms with Crippen LogP contribution in [0.1, 0.15) is 30.0 Å². The van der Waals surface area contributed by atoms with Crippen LogP contribution in [0.15, 0.2) is 6.07 Å². The van der Waals surface area contributed by atoms with Crippen molar-refractivity contribution in [3.05, 3.63) is 17.5 Å².